The summed E-state index contributed by atoms with van der Waals surface area (Å²) in [7, 11) is 0. The smallest absolute Gasteiger partial charge is 0.266 e. The van der Waals surface area contributed by atoms with Crippen molar-refractivity contribution in [1.29, 1.82) is 0 Å². The van der Waals surface area contributed by atoms with Crippen LogP contribution < -0.4 is 16.0 Å². The van der Waals surface area contributed by atoms with Crippen molar-refractivity contribution in [1.82, 2.24) is 15.4 Å². The van der Waals surface area contributed by atoms with Crippen LogP contribution in [0.25, 0.3) is 0 Å². The third kappa shape index (κ3) is 4.93. The minimum absolute atomic E-state index is 0.0310. The Hall–Kier alpha value is -2.97. The molecule has 8 heteroatoms. The van der Waals surface area contributed by atoms with E-state index in [-0.39, 0.29) is 11.8 Å². The van der Waals surface area contributed by atoms with E-state index in [9.17, 15) is 14.8 Å². The van der Waals surface area contributed by atoms with Crippen LogP contribution in [0.3, 0.4) is 0 Å². The van der Waals surface area contributed by atoms with Crippen LogP contribution in [-0.4, -0.2) is 39.5 Å². The maximum absolute atomic E-state index is 13.5. The Balaban J connectivity index is 1.47. The van der Waals surface area contributed by atoms with Gasteiger partial charge in [-0.05, 0) is 74.4 Å². The SMILES string of the molecule is Cc1cc(COc2ccc(C3(N)CCN(C(C(=O)NO)C4CCCCC4)C3=O)cc2)cc(C)n1. The van der Waals surface area contributed by atoms with Crippen LogP contribution in [-0.2, 0) is 21.7 Å². The molecule has 2 fully saturated rings. The summed E-state index contributed by atoms with van der Waals surface area (Å²) in [5, 5.41) is 9.34. The summed E-state index contributed by atoms with van der Waals surface area (Å²) in [5.41, 5.74) is 10.8. The van der Waals surface area contributed by atoms with Gasteiger partial charge in [-0.25, -0.2) is 5.48 Å². The first kappa shape index (κ1) is 24.2. The molecule has 2 atom stereocenters. The van der Waals surface area contributed by atoms with Gasteiger partial charge in [0.25, 0.3) is 5.91 Å². The molecule has 0 radical (unpaired) electrons. The van der Waals surface area contributed by atoms with Crippen LogP contribution in [0.15, 0.2) is 36.4 Å². The molecule has 4 rings (SSSR count). The van der Waals surface area contributed by atoms with Crippen molar-refractivity contribution >= 4 is 11.8 Å². The summed E-state index contributed by atoms with van der Waals surface area (Å²) in [4.78, 5) is 32.0. The zero-order valence-corrected chi connectivity index (χ0v) is 19.9. The Labute approximate surface area is 200 Å². The van der Waals surface area contributed by atoms with Crippen molar-refractivity contribution in [2.75, 3.05) is 6.54 Å². The molecule has 2 aromatic rings. The van der Waals surface area contributed by atoms with E-state index in [1.165, 1.54) is 0 Å². The fourth-order valence-electron chi connectivity index (χ4n) is 5.44. The third-order valence-electron chi connectivity index (χ3n) is 7.12. The van der Waals surface area contributed by atoms with Crippen molar-refractivity contribution < 1.29 is 19.5 Å². The molecule has 2 unspecified atom stereocenters. The summed E-state index contributed by atoms with van der Waals surface area (Å²) in [6.45, 7) is 4.71. The Morgan fingerprint density at radius 1 is 1.21 bits per heavy atom. The van der Waals surface area contributed by atoms with Gasteiger partial charge in [-0.3, -0.25) is 19.8 Å². The lowest BCUT2D eigenvalue weighted by atomic mass is 9.82. The predicted molar refractivity (Wildman–Crippen MR) is 127 cm³/mol. The summed E-state index contributed by atoms with van der Waals surface area (Å²) in [5.74, 6) is -0.0946. The highest BCUT2D eigenvalue weighted by molar-refractivity contribution is 5.94. The predicted octanol–water partition coefficient (Wildman–Crippen LogP) is 3.12. The van der Waals surface area contributed by atoms with Gasteiger partial charge in [0, 0.05) is 17.9 Å². The van der Waals surface area contributed by atoms with Gasteiger partial charge in [0.15, 0.2) is 0 Å². The van der Waals surface area contributed by atoms with E-state index in [4.69, 9.17) is 10.5 Å². The lowest BCUT2D eigenvalue weighted by molar-refractivity contribution is -0.146. The molecule has 2 heterocycles. The summed E-state index contributed by atoms with van der Waals surface area (Å²) in [6.07, 6.45) is 5.31. The number of carbonyl (C=O) groups excluding carboxylic acids is 2. The van der Waals surface area contributed by atoms with Crippen LogP contribution in [0.4, 0.5) is 0 Å². The summed E-state index contributed by atoms with van der Waals surface area (Å²) < 4.78 is 5.92. The van der Waals surface area contributed by atoms with E-state index in [0.29, 0.717) is 30.9 Å². The van der Waals surface area contributed by atoms with Gasteiger partial charge in [-0.2, -0.15) is 0 Å². The van der Waals surface area contributed by atoms with Crippen molar-refractivity contribution in [2.45, 2.75) is 70.6 Å². The third-order valence-corrected chi connectivity index (χ3v) is 7.12. The van der Waals surface area contributed by atoms with Crippen LogP contribution in [0.5, 0.6) is 5.75 Å². The van der Waals surface area contributed by atoms with Crippen LogP contribution >= 0.6 is 0 Å². The molecule has 2 amide bonds. The molecule has 8 nitrogen and oxygen atoms in total. The Kier molecular flexibility index (Phi) is 7.19. The molecule has 4 N–H and O–H groups in total. The van der Waals surface area contributed by atoms with E-state index in [2.05, 4.69) is 4.98 Å². The number of benzene rings is 1. The number of nitrogens with one attached hydrogen (secondary N) is 1. The number of hydroxylamine groups is 1. The van der Waals surface area contributed by atoms with Gasteiger partial charge < -0.3 is 15.4 Å². The first-order valence-corrected chi connectivity index (χ1v) is 12.0. The zero-order chi connectivity index (χ0) is 24.3. The minimum atomic E-state index is -1.21. The highest BCUT2D eigenvalue weighted by atomic mass is 16.5. The Bertz CT molecular complexity index is 1020. The lowest BCUT2D eigenvalue weighted by Gasteiger charge is -2.36. The number of aromatic nitrogens is 1. The second-order valence-electron chi connectivity index (χ2n) is 9.61. The second kappa shape index (κ2) is 10.1. The van der Waals surface area contributed by atoms with Gasteiger partial charge in [-0.15, -0.1) is 0 Å². The van der Waals surface area contributed by atoms with Crippen molar-refractivity contribution in [2.24, 2.45) is 11.7 Å². The molecule has 1 aliphatic carbocycles. The highest BCUT2D eigenvalue weighted by Gasteiger charge is 2.50. The van der Waals surface area contributed by atoms with Crippen LogP contribution in [0.1, 0.15) is 61.0 Å². The van der Waals surface area contributed by atoms with Gasteiger partial charge >= 0.3 is 0 Å². The lowest BCUT2D eigenvalue weighted by Crippen LogP contribution is -2.55. The van der Waals surface area contributed by atoms with E-state index < -0.39 is 17.5 Å². The number of ether oxygens (including phenoxy) is 1. The van der Waals surface area contributed by atoms with Crippen molar-refractivity contribution in [3.05, 3.63) is 58.9 Å². The maximum Gasteiger partial charge on any atom is 0.266 e. The van der Waals surface area contributed by atoms with Gasteiger partial charge in [0.2, 0.25) is 5.91 Å². The number of likely N-dealkylation sites (tertiary alicyclic amines) is 1. The monoisotopic (exact) mass is 466 g/mol. The fraction of sp³-hybridized carbons (Fsp3) is 0.500. The summed E-state index contributed by atoms with van der Waals surface area (Å²) >= 11 is 0. The number of aryl methyl sites for hydroxylation is 2. The fourth-order valence-corrected chi connectivity index (χ4v) is 5.44. The average molecular weight is 467 g/mol. The molecule has 0 bridgehead atoms. The van der Waals surface area contributed by atoms with Gasteiger partial charge in [0.05, 0.1) is 0 Å². The molecule has 1 aliphatic heterocycles. The topological polar surface area (TPSA) is 118 Å². The number of nitrogens with zero attached hydrogens (tertiary/aromatic N) is 2. The molecule has 1 aromatic heterocycles. The van der Waals surface area contributed by atoms with Gasteiger partial charge in [0.1, 0.15) is 23.9 Å². The molecule has 1 aromatic carbocycles. The van der Waals surface area contributed by atoms with Crippen LogP contribution in [0, 0.1) is 19.8 Å². The quantitative estimate of drug-likeness (QED) is 0.426. The number of hydrogen-bond acceptors (Lipinski definition) is 6. The maximum atomic E-state index is 13.5. The van der Waals surface area contributed by atoms with Gasteiger partial charge in [-0.1, -0.05) is 31.4 Å². The van der Waals surface area contributed by atoms with Crippen LogP contribution in [0.2, 0.25) is 0 Å². The normalized spacial score (nSPS) is 22.0. The standard InChI is InChI=1S/C26H34N4O4/c1-17-14-19(15-18(2)28-17)16-34-22-10-8-21(9-11-22)26(27)12-13-30(25(26)32)23(24(31)29-33)20-6-4-3-5-7-20/h8-11,14-15,20,23,33H,3-7,12-13,16,27H2,1-2H3,(H,29,31). The van der Waals surface area contributed by atoms with E-state index in [0.717, 1.165) is 49.1 Å². The number of nitrogens with two attached hydrogens (primary N) is 1. The van der Waals surface area contributed by atoms with E-state index in [1.807, 2.05) is 50.2 Å². The molecular weight excluding hydrogens is 432 g/mol. The molecule has 182 valence electrons. The second-order valence-corrected chi connectivity index (χ2v) is 9.61. The number of pyridine rings is 1. The molecule has 1 saturated carbocycles. The molecule has 1 saturated heterocycles. The number of carbonyl (C=O) groups is 2. The van der Waals surface area contributed by atoms with E-state index in [1.54, 1.807) is 10.4 Å². The number of rotatable bonds is 7. The van der Waals surface area contributed by atoms with Crippen molar-refractivity contribution in [3.8, 4) is 5.75 Å². The van der Waals surface area contributed by atoms with E-state index >= 15 is 0 Å². The first-order chi connectivity index (χ1) is 16.3. The average Bonchev–Trinajstić information content (AvgIpc) is 3.13. The Morgan fingerprint density at radius 2 is 1.85 bits per heavy atom. The highest BCUT2D eigenvalue weighted by Crippen LogP contribution is 2.37. The minimum Gasteiger partial charge on any atom is -0.489 e. The van der Waals surface area contributed by atoms with Crippen molar-refractivity contribution in [3.63, 3.8) is 0 Å². The molecule has 34 heavy (non-hydrogen) atoms. The molecule has 0 spiro atoms. The number of hydrogen-bond donors (Lipinski definition) is 3. The first-order valence-electron chi connectivity index (χ1n) is 12.0. The Morgan fingerprint density at radius 3 is 2.47 bits per heavy atom. The number of amides is 2. The largest absolute Gasteiger partial charge is 0.489 e. The zero-order valence-electron chi connectivity index (χ0n) is 19.9. The molecule has 2 aliphatic rings. The summed E-state index contributed by atoms with van der Waals surface area (Å²) in [6, 6.07) is 10.6. The molecular formula is C26H34N4O4.